The molecule has 3 heterocycles. The van der Waals surface area contributed by atoms with Crippen molar-refractivity contribution in [2.24, 2.45) is 0 Å². The molecule has 1 aromatic heterocycles. The van der Waals surface area contributed by atoms with E-state index >= 15 is 0 Å². The van der Waals surface area contributed by atoms with Crippen LogP contribution in [0.5, 0.6) is 0 Å². The molecule has 5 nitrogen and oxygen atoms in total. The van der Waals surface area contributed by atoms with Crippen LogP contribution in [0.3, 0.4) is 0 Å². The van der Waals surface area contributed by atoms with Crippen LogP contribution in [-0.4, -0.2) is 53.0 Å². The van der Waals surface area contributed by atoms with Gasteiger partial charge in [0, 0.05) is 37.6 Å². The maximum Gasteiger partial charge on any atom is 0.253 e. The minimum absolute atomic E-state index is 0.126. The number of hydrogen-bond donors (Lipinski definition) is 0. The van der Waals surface area contributed by atoms with Crippen LogP contribution in [0.4, 0.5) is 0 Å². The number of morpholine rings is 1. The quantitative estimate of drug-likeness (QED) is 0.832. The highest BCUT2D eigenvalue weighted by Crippen LogP contribution is 2.23. The summed E-state index contributed by atoms with van der Waals surface area (Å²) in [6.07, 6.45) is 0.570. The average Bonchev–Trinajstić information content (AvgIpc) is 2.98. The SMILES string of the molecule is Cc1nc(C)c(CN2CCOC(C(=O)N3CCc4ccccc4C3)C2)s1. The molecule has 2 aromatic rings. The molecule has 1 atom stereocenters. The minimum Gasteiger partial charge on any atom is -0.366 e. The van der Waals surface area contributed by atoms with Crippen molar-refractivity contribution in [1.29, 1.82) is 0 Å². The third kappa shape index (κ3) is 3.68. The Bertz CT molecular complexity index is 804. The van der Waals surface area contributed by atoms with E-state index in [1.165, 1.54) is 16.0 Å². The Hall–Kier alpha value is -1.76. The Morgan fingerprint density at radius 3 is 2.85 bits per heavy atom. The van der Waals surface area contributed by atoms with Gasteiger partial charge in [0.25, 0.3) is 5.91 Å². The highest BCUT2D eigenvalue weighted by Gasteiger charge is 2.32. The predicted molar refractivity (Wildman–Crippen MR) is 102 cm³/mol. The van der Waals surface area contributed by atoms with Gasteiger partial charge in [0.1, 0.15) is 6.10 Å². The smallest absolute Gasteiger partial charge is 0.253 e. The van der Waals surface area contributed by atoms with Crippen molar-refractivity contribution in [3.63, 3.8) is 0 Å². The minimum atomic E-state index is -0.358. The summed E-state index contributed by atoms with van der Waals surface area (Å²) in [6, 6.07) is 8.40. The van der Waals surface area contributed by atoms with Gasteiger partial charge in [-0.25, -0.2) is 4.98 Å². The lowest BCUT2D eigenvalue weighted by Gasteiger charge is -2.36. The zero-order valence-corrected chi connectivity index (χ0v) is 16.2. The normalized spacial score (nSPS) is 20.8. The van der Waals surface area contributed by atoms with Gasteiger partial charge in [-0.1, -0.05) is 24.3 Å². The number of rotatable bonds is 3. The summed E-state index contributed by atoms with van der Waals surface area (Å²) in [5, 5.41) is 1.10. The molecule has 2 aliphatic heterocycles. The van der Waals surface area contributed by atoms with Crippen LogP contribution >= 0.6 is 11.3 Å². The lowest BCUT2D eigenvalue weighted by Crippen LogP contribution is -2.51. The van der Waals surface area contributed by atoms with Crippen LogP contribution in [-0.2, 0) is 29.0 Å². The molecule has 2 aliphatic rings. The Kier molecular flexibility index (Phi) is 5.07. The molecule has 0 N–H and O–H groups in total. The zero-order valence-electron chi connectivity index (χ0n) is 15.4. The van der Waals surface area contributed by atoms with E-state index in [0.717, 1.165) is 36.8 Å². The molecule has 138 valence electrons. The van der Waals surface area contributed by atoms with Crippen molar-refractivity contribution in [3.05, 3.63) is 51.0 Å². The summed E-state index contributed by atoms with van der Waals surface area (Å²) < 4.78 is 5.84. The Labute approximate surface area is 158 Å². The molecule has 4 rings (SSSR count). The number of benzene rings is 1. The second-order valence-corrected chi connectivity index (χ2v) is 8.40. The number of aryl methyl sites for hydroxylation is 2. The monoisotopic (exact) mass is 371 g/mol. The molecule has 0 spiro atoms. The lowest BCUT2D eigenvalue weighted by atomic mass is 9.99. The van der Waals surface area contributed by atoms with Crippen molar-refractivity contribution >= 4 is 17.2 Å². The van der Waals surface area contributed by atoms with Crippen LogP contribution in [0.25, 0.3) is 0 Å². The fraction of sp³-hybridized carbons (Fsp3) is 0.500. The molecular weight excluding hydrogens is 346 g/mol. The molecule has 1 saturated heterocycles. The molecule has 0 bridgehead atoms. The summed E-state index contributed by atoms with van der Waals surface area (Å²) in [5.74, 6) is 0.126. The van der Waals surface area contributed by atoms with E-state index in [1.54, 1.807) is 11.3 Å². The number of fused-ring (bicyclic) bond motifs is 1. The standard InChI is InChI=1S/C20H25N3O2S/c1-14-19(26-15(2)21-14)13-22-9-10-25-18(12-22)20(24)23-8-7-16-5-3-4-6-17(16)11-23/h3-6,18H,7-13H2,1-2H3. The highest BCUT2D eigenvalue weighted by molar-refractivity contribution is 7.11. The van der Waals surface area contributed by atoms with Gasteiger partial charge in [0.05, 0.1) is 17.3 Å². The Morgan fingerprint density at radius 1 is 1.27 bits per heavy atom. The summed E-state index contributed by atoms with van der Waals surface area (Å²) in [5.41, 5.74) is 3.73. The molecule has 0 saturated carbocycles. The Morgan fingerprint density at radius 2 is 2.08 bits per heavy atom. The number of hydrogen-bond acceptors (Lipinski definition) is 5. The van der Waals surface area contributed by atoms with Crippen LogP contribution in [0.1, 0.15) is 26.7 Å². The third-order valence-electron chi connectivity index (χ3n) is 5.24. The van der Waals surface area contributed by atoms with E-state index < -0.39 is 0 Å². The molecule has 1 unspecified atom stereocenters. The summed E-state index contributed by atoms with van der Waals surface area (Å²) in [7, 11) is 0. The first kappa shape index (κ1) is 17.6. The number of ether oxygens (including phenoxy) is 1. The van der Waals surface area contributed by atoms with Gasteiger partial charge in [-0.15, -0.1) is 11.3 Å². The molecule has 1 aromatic carbocycles. The van der Waals surface area contributed by atoms with Gasteiger partial charge in [0.2, 0.25) is 0 Å². The maximum absolute atomic E-state index is 13.0. The summed E-state index contributed by atoms with van der Waals surface area (Å²) in [4.78, 5) is 23.1. The van der Waals surface area contributed by atoms with Crippen LogP contribution < -0.4 is 0 Å². The topological polar surface area (TPSA) is 45.7 Å². The van der Waals surface area contributed by atoms with Crippen molar-refractivity contribution in [1.82, 2.24) is 14.8 Å². The first-order valence-electron chi connectivity index (χ1n) is 9.22. The van der Waals surface area contributed by atoms with Crippen molar-refractivity contribution in [3.8, 4) is 0 Å². The van der Waals surface area contributed by atoms with Crippen molar-refractivity contribution in [2.45, 2.75) is 39.5 Å². The molecule has 6 heteroatoms. The van der Waals surface area contributed by atoms with Crippen molar-refractivity contribution in [2.75, 3.05) is 26.2 Å². The lowest BCUT2D eigenvalue weighted by molar-refractivity contribution is -0.150. The van der Waals surface area contributed by atoms with Crippen LogP contribution in [0.2, 0.25) is 0 Å². The number of aromatic nitrogens is 1. The van der Waals surface area contributed by atoms with Crippen LogP contribution in [0, 0.1) is 13.8 Å². The second kappa shape index (κ2) is 7.47. The van der Waals surface area contributed by atoms with E-state index in [0.29, 0.717) is 19.7 Å². The predicted octanol–water partition coefficient (Wildman–Crippen LogP) is 2.55. The van der Waals surface area contributed by atoms with E-state index in [1.807, 2.05) is 17.9 Å². The number of nitrogens with zero attached hydrogens (tertiary/aromatic N) is 3. The number of carbonyl (C=O) groups excluding carboxylic acids is 1. The fourth-order valence-electron chi connectivity index (χ4n) is 3.81. The summed E-state index contributed by atoms with van der Waals surface area (Å²) in [6.45, 7) is 8.57. The fourth-order valence-corrected chi connectivity index (χ4v) is 4.79. The summed E-state index contributed by atoms with van der Waals surface area (Å²) >= 11 is 1.75. The molecule has 0 aliphatic carbocycles. The van der Waals surface area contributed by atoms with E-state index in [2.05, 4.69) is 35.0 Å². The van der Waals surface area contributed by atoms with Gasteiger partial charge in [-0.2, -0.15) is 0 Å². The molecular formula is C20H25N3O2S. The number of carbonyl (C=O) groups is 1. The van der Waals surface area contributed by atoms with E-state index in [4.69, 9.17) is 4.74 Å². The third-order valence-corrected chi connectivity index (χ3v) is 6.29. The van der Waals surface area contributed by atoms with Gasteiger partial charge in [-0.05, 0) is 31.4 Å². The average molecular weight is 372 g/mol. The number of amides is 1. The molecule has 26 heavy (non-hydrogen) atoms. The van der Waals surface area contributed by atoms with Gasteiger partial charge < -0.3 is 9.64 Å². The molecule has 0 radical (unpaired) electrons. The first-order chi connectivity index (χ1) is 12.6. The van der Waals surface area contributed by atoms with E-state index in [-0.39, 0.29) is 12.0 Å². The number of thiazole rings is 1. The van der Waals surface area contributed by atoms with Gasteiger partial charge in [-0.3, -0.25) is 9.69 Å². The second-order valence-electron chi connectivity index (χ2n) is 7.11. The maximum atomic E-state index is 13.0. The zero-order chi connectivity index (χ0) is 18.1. The molecule has 1 amide bonds. The first-order valence-corrected chi connectivity index (χ1v) is 10.0. The highest BCUT2D eigenvalue weighted by atomic mass is 32.1. The Balaban J connectivity index is 1.40. The van der Waals surface area contributed by atoms with E-state index in [9.17, 15) is 4.79 Å². The van der Waals surface area contributed by atoms with Gasteiger partial charge in [0.15, 0.2) is 0 Å². The van der Waals surface area contributed by atoms with Crippen LogP contribution in [0.15, 0.2) is 24.3 Å². The van der Waals surface area contributed by atoms with Crippen molar-refractivity contribution < 1.29 is 9.53 Å². The largest absolute Gasteiger partial charge is 0.366 e. The van der Waals surface area contributed by atoms with Gasteiger partial charge >= 0.3 is 0 Å². The molecule has 1 fully saturated rings.